The van der Waals surface area contributed by atoms with Crippen molar-refractivity contribution >= 4 is 32.0 Å². The summed E-state index contributed by atoms with van der Waals surface area (Å²) in [6.07, 6.45) is 9.60. The highest BCUT2D eigenvalue weighted by Gasteiger charge is 2.39. The average Bonchev–Trinajstić information content (AvgIpc) is 3.34. The highest BCUT2D eigenvalue weighted by atomic mass is 32.2. The number of sulfonamides is 1. The number of rotatable bonds is 4. The maximum atomic E-state index is 12.8. The van der Waals surface area contributed by atoms with Crippen LogP contribution < -0.4 is 0 Å². The molecule has 30 heavy (non-hydrogen) atoms. The van der Waals surface area contributed by atoms with Gasteiger partial charge in [0.05, 0.1) is 29.3 Å². The van der Waals surface area contributed by atoms with Crippen LogP contribution in [0, 0.1) is 5.92 Å². The molecular weight excluding hydrogens is 402 g/mol. The van der Waals surface area contributed by atoms with Gasteiger partial charge in [0.25, 0.3) is 0 Å². The predicted molar refractivity (Wildman–Crippen MR) is 114 cm³/mol. The van der Waals surface area contributed by atoms with Crippen LogP contribution in [0.15, 0.2) is 24.7 Å². The van der Waals surface area contributed by atoms with Crippen LogP contribution in [-0.2, 0) is 10.0 Å². The van der Waals surface area contributed by atoms with Gasteiger partial charge in [0.1, 0.15) is 0 Å². The molecule has 2 aliphatic rings. The highest BCUT2D eigenvalue weighted by Crippen LogP contribution is 2.40. The Morgan fingerprint density at radius 2 is 2.03 bits per heavy atom. The standard InChI is InChI=1S/C21H27N5O3S/c1-21(27)7-9-26(13-21)30(28,29)12-14-2-4-15(5-3-14)17-10-24-25-18-11-23-20-16(19(17)18)6-8-22-20/h6,8,10-11,14-15,25,27H,2-5,7,9,12-13H2,1H3. The Balaban J connectivity index is 1.32. The molecule has 1 unspecified atom stereocenters. The number of H-pyrrole nitrogens is 1. The molecule has 0 spiro atoms. The van der Waals surface area contributed by atoms with Crippen LogP contribution in [-0.4, -0.2) is 62.4 Å². The van der Waals surface area contributed by atoms with Gasteiger partial charge in [0.15, 0.2) is 5.65 Å². The Kier molecular flexibility index (Phi) is 4.79. The van der Waals surface area contributed by atoms with Gasteiger partial charge in [-0.3, -0.25) is 5.10 Å². The average molecular weight is 430 g/mol. The third-order valence-corrected chi connectivity index (χ3v) is 8.75. The maximum absolute atomic E-state index is 12.8. The molecule has 1 atom stereocenters. The molecule has 0 radical (unpaired) electrons. The molecule has 4 heterocycles. The molecule has 5 rings (SSSR count). The first kappa shape index (κ1) is 19.8. The molecule has 1 saturated carbocycles. The zero-order chi connectivity index (χ0) is 20.9. The molecule has 8 nitrogen and oxygen atoms in total. The number of pyridine rings is 1. The van der Waals surface area contributed by atoms with Gasteiger partial charge in [-0.1, -0.05) is 0 Å². The highest BCUT2D eigenvalue weighted by molar-refractivity contribution is 7.89. The van der Waals surface area contributed by atoms with Crippen LogP contribution >= 0.6 is 0 Å². The Morgan fingerprint density at radius 3 is 2.77 bits per heavy atom. The number of nitrogens with one attached hydrogen (secondary N) is 1. The Hall–Kier alpha value is -2.10. The maximum Gasteiger partial charge on any atom is 0.214 e. The van der Waals surface area contributed by atoms with Gasteiger partial charge in [-0.05, 0) is 62.5 Å². The van der Waals surface area contributed by atoms with Crippen molar-refractivity contribution in [2.24, 2.45) is 5.92 Å². The van der Waals surface area contributed by atoms with Crippen LogP contribution in [0.25, 0.3) is 21.9 Å². The number of aromatic amines is 1. The molecule has 2 N–H and O–H groups in total. The first-order chi connectivity index (χ1) is 14.3. The number of hydrogen-bond donors (Lipinski definition) is 2. The van der Waals surface area contributed by atoms with E-state index in [9.17, 15) is 13.5 Å². The van der Waals surface area contributed by atoms with E-state index in [0.29, 0.717) is 18.9 Å². The minimum atomic E-state index is -3.33. The minimum absolute atomic E-state index is 0.161. The summed E-state index contributed by atoms with van der Waals surface area (Å²) in [4.78, 5) is 8.71. The molecular formula is C21H27N5O3S. The topological polar surface area (TPSA) is 112 Å². The van der Waals surface area contributed by atoms with Gasteiger partial charge in [-0.2, -0.15) is 9.40 Å². The van der Waals surface area contributed by atoms with E-state index in [1.165, 1.54) is 9.87 Å². The summed E-state index contributed by atoms with van der Waals surface area (Å²) in [5.74, 6) is 0.688. The first-order valence-electron chi connectivity index (χ1n) is 10.6. The van der Waals surface area contributed by atoms with Gasteiger partial charge in [0, 0.05) is 30.1 Å². The molecule has 2 fully saturated rings. The van der Waals surface area contributed by atoms with Gasteiger partial charge in [0.2, 0.25) is 10.0 Å². The summed E-state index contributed by atoms with van der Waals surface area (Å²) >= 11 is 0. The van der Waals surface area contributed by atoms with E-state index >= 15 is 0 Å². The van der Waals surface area contributed by atoms with Crippen LogP contribution in [0.1, 0.15) is 50.5 Å². The van der Waals surface area contributed by atoms with E-state index in [0.717, 1.165) is 47.6 Å². The number of hydrogen-bond acceptors (Lipinski definition) is 6. The number of aromatic nitrogens is 4. The van der Waals surface area contributed by atoms with Crippen LogP contribution in [0.3, 0.4) is 0 Å². The molecule has 1 aliphatic carbocycles. The first-order valence-corrected chi connectivity index (χ1v) is 12.2. The van der Waals surface area contributed by atoms with Crippen LogP contribution in [0.2, 0.25) is 0 Å². The van der Waals surface area contributed by atoms with E-state index in [-0.39, 0.29) is 18.2 Å². The van der Waals surface area contributed by atoms with Crippen molar-refractivity contribution in [2.45, 2.75) is 50.5 Å². The van der Waals surface area contributed by atoms with E-state index < -0.39 is 15.6 Å². The van der Waals surface area contributed by atoms with Crippen molar-refractivity contribution in [3.8, 4) is 0 Å². The summed E-state index contributed by atoms with van der Waals surface area (Å²) < 4.78 is 27.1. The molecule has 9 heteroatoms. The number of aliphatic hydroxyl groups is 1. The van der Waals surface area contributed by atoms with Crippen molar-refractivity contribution in [1.82, 2.24) is 24.5 Å². The van der Waals surface area contributed by atoms with Crippen LogP contribution in [0.5, 0.6) is 0 Å². The largest absolute Gasteiger partial charge is 0.389 e. The second-order valence-electron chi connectivity index (χ2n) is 9.13. The van der Waals surface area contributed by atoms with Gasteiger partial charge < -0.3 is 5.11 Å². The zero-order valence-corrected chi connectivity index (χ0v) is 17.9. The molecule has 3 aromatic heterocycles. The monoisotopic (exact) mass is 429 g/mol. The Labute approximate surface area is 175 Å². The molecule has 0 bridgehead atoms. The second-order valence-corrected chi connectivity index (χ2v) is 11.1. The fourth-order valence-corrected chi connectivity index (χ4v) is 7.07. The normalized spacial score (nSPS) is 28.5. The molecule has 0 amide bonds. The molecule has 0 aromatic carbocycles. The van der Waals surface area contributed by atoms with E-state index in [4.69, 9.17) is 0 Å². The third-order valence-electron chi connectivity index (χ3n) is 6.75. The van der Waals surface area contributed by atoms with Crippen molar-refractivity contribution in [1.29, 1.82) is 0 Å². The van der Waals surface area contributed by atoms with E-state index in [1.54, 1.807) is 19.3 Å². The van der Waals surface area contributed by atoms with Crippen molar-refractivity contribution < 1.29 is 13.5 Å². The Bertz CT molecular complexity index is 1180. The van der Waals surface area contributed by atoms with E-state index in [1.807, 2.05) is 12.3 Å². The lowest BCUT2D eigenvalue weighted by Gasteiger charge is -2.30. The third kappa shape index (κ3) is 3.59. The summed E-state index contributed by atoms with van der Waals surface area (Å²) in [6, 6.07) is 1.99. The lowest BCUT2D eigenvalue weighted by atomic mass is 9.79. The van der Waals surface area contributed by atoms with Crippen molar-refractivity contribution in [2.75, 3.05) is 18.8 Å². The lowest BCUT2D eigenvalue weighted by molar-refractivity contribution is 0.0762. The molecule has 160 valence electrons. The minimum Gasteiger partial charge on any atom is -0.389 e. The van der Waals surface area contributed by atoms with Gasteiger partial charge in [-0.15, -0.1) is 0 Å². The SMILES string of the molecule is CC1(O)CCN(S(=O)(=O)CC2CCC(c3cn[nH]c4cnc5nccc5c34)CC2)C1. The van der Waals surface area contributed by atoms with Crippen molar-refractivity contribution in [3.05, 3.63) is 30.2 Å². The molecule has 3 aromatic rings. The summed E-state index contributed by atoms with van der Waals surface area (Å²) in [5, 5.41) is 19.6. The fraction of sp³-hybridized carbons (Fsp3) is 0.571. The smallest absolute Gasteiger partial charge is 0.214 e. The molecule has 1 aliphatic heterocycles. The van der Waals surface area contributed by atoms with E-state index in [2.05, 4.69) is 20.2 Å². The van der Waals surface area contributed by atoms with Gasteiger partial charge in [-0.25, -0.2) is 18.4 Å². The Morgan fingerprint density at radius 1 is 1.23 bits per heavy atom. The van der Waals surface area contributed by atoms with Crippen LogP contribution in [0.4, 0.5) is 0 Å². The van der Waals surface area contributed by atoms with Crippen molar-refractivity contribution in [3.63, 3.8) is 0 Å². The van der Waals surface area contributed by atoms with Gasteiger partial charge >= 0.3 is 0 Å². The molecule has 1 saturated heterocycles. The number of nitrogens with zero attached hydrogens (tertiary/aromatic N) is 4. The lowest BCUT2D eigenvalue weighted by Crippen LogP contribution is -2.37. The summed E-state index contributed by atoms with van der Waals surface area (Å²) in [7, 11) is -3.33. The zero-order valence-electron chi connectivity index (χ0n) is 17.1. The number of fused-ring (bicyclic) bond motifs is 3. The predicted octanol–water partition coefficient (Wildman–Crippen LogP) is 2.57. The summed E-state index contributed by atoms with van der Waals surface area (Å²) in [5.41, 5.74) is 1.93. The number of β-amino-alcohol motifs (C(OH)–C–C–N with tert-alkyl or cyclic N) is 1. The summed E-state index contributed by atoms with van der Waals surface area (Å²) in [6.45, 7) is 2.33. The second kappa shape index (κ2) is 7.25. The fourth-order valence-electron chi connectivity index (χ4n) is 5.09. The quantitative estimate of drug-likeness (QED) is 0.659.